The Morgan fingerprint density at radius 2 is 1.88 bits per heavy atom. The number of ether oxygens (including phenoxy) is 2. The molecule has 0 fully saturated rings. The number of nitrogens with zero attached hydrogens (tertiary/aromatic N) is 2. The molecule has 0 saturated carbocycles. The summed E-state index contributed by atoms with van der Waals surface area (Å²) >= 11 is 3.85. The summed E-state index contributed by atoms with van der Waals surface area (Å²) in [6, 6.07) is 7.44. The van der Waals surface area contributed by atoms with Gasteiger partial charge in [0.05, 0.1) is 18.1 Å². The van der Waals surface area contributed by atoms with Crippen molar-refractivity contribution in [1.82, 2.24) is 15.5 Å². The highest BCUT2D eigenvalue weighted by Gasteiger charge is 2.21. The van der Waals surface area contributed by atoms with Crippen LogP contribution < -0.4 is 20.5 Å². The van der Waals surface area contributed by atoms with E-state index in [0.29, 0.717) is 33.3 Å². The lowest BCUT2D eigenvalue weighted by Gasteiger charge is -2.26. The van der Waals surface area contributed by atoms with Crippen LogP contribution in [0.15, 0.2) is 32.9 Å². The van der Waals surface area contributed by atoms with Gasteiger partial charge >= 0.3 is 0 Å². The van der Waals surface area contributed by atoms with Crippen LogP contribution in [0.1, 0.15) is 0 Å². The van der Waals surface area contributed by atoms with Crippen molar-refractivity contribution in [3.8, 4) is 11.5 Å². The second-order valence-electron chi connectivity index (χ2n) is 5.18. The Morgan fingerprint density at radius 3 is 2.62 bits per heavy atom. The smallest absolute Gasteiger partial charge is 0.230 e. The molecular weight excluding hydrogens is 396 g/mol. The molecule has 0 aliphatic carbocycles. The first-order valence-corrected chi connectivity index (χ1v) is 10.4. The van der Waals surface area contributed by atoms with Crippen LogP contribution >= 0.6 is 34.9 Å². The Bertz CT molecular complexity index is 786. The lowest BCUT2D eigenvalue weighted by Crippen LogP contribution is -2.41. The van der Waals surface area contributed by atoms with Crippen LogP contribution in [0.2, 0.25) is 0 Å². The first-order valence-electron chi connectivity index (χ1n) is 7.63. The fraction of sp³-hybridized carbons (Fsp3) is 0.333. The molecule has 1 aromatic heterocycles. The van der Waals surface area contributed by atoms with E-state index >= 15 is 0 Å². The van der Waals surface area contributed by atoms with Crippen molar-refractivity contribution in [2.24, 2.45) is 5.73 Å². The number of para-hydroxylation sites is 2. The molecule has 11 heteroatoms. The van der Waals surface area contributed by atoms with E-state index in [1.165, 1.54) is 34.9 Å². The Balaban J connectivity index is 1.38. The number of nitrogens with one attached hydrogen (secondary N) is 1. The number of carbonyl (C=O) groups is 2. The predicted octanol–water partition coefficient (Wildman–Crippen LogP) is 1.16. The monoisotopic (exact) mass is 412 g/mol. The summed E-state index contributed by atoms with van der Waals surface area (Å²) in [6.45, 7) is 0.755. The third-order valence-corrected chi connectivity index (χ3v) is 6.36. The van der Waals surface area contributed by atoms with Gasteiger partial charge in [-0.3, -0.25) is 9.59 Å². The van der Waals surface area contributed by atoms with E-state index < -0.39 is 5.91 Å². The first-order chi connectivity index (χ1) is 12.6. The number of primary amides is 1. The van der Waals surface area contributed by atoms with Gasteiger partial charge in [-0.25, -0.2) is 0 Å². The van der Waals surface area contributed by atoms with Crippen molar-refractivity contribution in [3.63, 3.8) is 0 Å². The van der Waals surface area contributed by atoms with Crippen molar-refractivity contribution < 1.29 is 19.1 Å². The number of carbonyl (C=O) groups excluding carboxylic acids is 2. The van der Waals surface area contributed by atoms with Crippen LogP contribution in [-0.4, -0.2) is 52.8 Å². The Kier molecular flexibility index (Phi) is 6.58. The molecule has 0 unspecified atom stereocenters. The molecule has 2 heterocycles. The molecular formula is C15H16N4O4S3. The molecule has 0 saturated heterocycles. The van der Waals surface area contributed by atoms with Gasteiger partial charge < -0.3 is 20.5 Å². The lowest BCUT2D eigenvalue weighted by molar-refractivity contribution is -0.119. The van der Waals surface area contributed by atoms with Crippen LogP contribution in [0, 0.1) is 0 Å². The number of fused-ring (bicyclic) bond motifs is 1. The summed E-state index contributed by atoms with van der Waals surface area (Å²) < 4.78 is 12.7. The highest BCUT2D eigenvalue weighted by molar-refractivity contribution is 8.03. The van der Waals surface area contributed by atoms with Crippen LogP contribution in [-0.2, 0) is 9.59 Å². The molecule has 0 spiro atoms. The highest BCUT2D eigenvalue weighted by Crippen LogP contribution is 2.31. The van der Waals surface area contributed by atoms with Crippen molar-refractivity contribution in [3.05, 3.63) is 24.3 Å². The van der Waals surface area contributed by atoms with Gasteiger partial charge in [0.25, 0.3) is 0 Å². The zero-order valence-electron chi connectivity index (χ0n) is 13.5. The average molecular weight is 413 g/mol. The summed E-state index contributed by atoms with van der Waals surface area (Å²) in [5.74, 6) is 1.24. The quantitative estimate of drug-likeness (QED) is 0.621. The number of thioether (sulfide) groups is 2. The third kappa shape index (κ3) is 5.51. The molecule has 2 amide bonds. The molecule has 26 heavy (non-hydrogen) atoms. The second-order valence-corrected chi connectivity index (χ2v) is 8.60. The van der Waals surface area contributed by atoms with Crippen molar-refractivity contribution in [2.45, 2.75) is 14.8 Å². The molecule has 1 aromatic carbocycles. The molecule has 3 N–H and O–H groups in total. The van der Waals surface area contributed by atoms with Gasteiger partial charge in [-0.2, -0.15) is 0 Å². The number of nitrogens with two attached hydrogens (primary N) is 1. The van der Waals surface area contributed by atoms with Crippen LogP contribution in [0.3, 0.4) is 0 Å². The van der Waals surface area contributed by atoms with Gasteiger partial charge in [0.15, 0.2) is 20.2 Å². The maximum atomic E-state index is 12.0. The fourth-order valence-electron chi connectivity index (χ4n) is 2.02. The molecule has 8 nitrogen and oxygen atoms in total. The minimum atomic E-state index is -0.407. The first kappa shape index (κ1) is 18.8. The van der Waals surface area contributed by atoms with Crippen LogP contribution in [0.25, 0.3) is 0 Å². The van der Waals surface area contributed by atoms with Crippen molar-refractivity contribution in [1.29, 1.82) is 0 Å². The molecule has 1 aliphatic heterocycles. The van der Waals surface area contributed by atoms with Crippen LogP contribution in [0.5, 0.6) is 11.5 Å². The van der Waals surface area contributed by atoms with Crippen molar-refractivity contribution in [2.75, 3.05) is 24.7 Å². The highest BCUT2D eigenvalue weighted by atomic mass is 32.2. The molecule has 3 rings (SSSR count). The summed E-state index contributed by atoms with van der Waals surface area (Å²) in [5, 5.41) is 10.7. The zero-order chi connectivity index (χ0) is 18.4. The molecule has 0 bridgehead atoms. The minimum absolute atomic E-state index is 0.126. The summed E-state index contributed by atoms with van der Waals surface area (Å²) in [5.41, 5.74) is 5.09. The lowest BCUT2D eigenvalue weighted by atomic mass is 10.2. The van der Waals surface area contributed by atoms with E-state index in [9.17, 15) is 9.59 Å². The van der Waals surface area contributed by atoms with Gasteiger partial charge in [-0.15, -0.1) is 10.2 Å². The predicted molar refractivity (Wildman–Crippen MR) is 99.9 cm³/mol. The molecule has 2 aromatic rings. The molecule has 1 atom stereocenters. The van der Waals surface area contributed by atoms with Crippen LogP contribution in [0.4, 0.5) is 0 Å². The van der Waals surface area contributed by atoms with Crippen molar-refractivity contribution >= 4 is 46.7 Å². The normalized spacial score (nSPS) is 15.5. The maximum absolute atomic E-state index is 12.0. The van der Waals surface area contributed by atoms with Gasteiger partial charge in [-0.1, -0.05) is 47.0 Å². The maximum Gasteiger partial charge on any atom is 0.230 e. The topological polar surface area (TPSA) is 116 Å². The SMILES string of the molecule is NC(=O)CSc1nnc(SCC(=O)NC[C@@H]2COc3ccccc3O2)s1. The Hall–Kier alpha value is -1.98. The van der Waals surface area contributed by atoms with E-state index in [1.54, 1.807) is 0 Å². The number of rotatable bonds is 8. The minimum Gasteiger partial charge on any atom is -0.486 e. The number of benzene rings is 1. The zero-order valence-corrected chi connectivity index (χ0v) is 16.0. The van der Waals surface area contributed by atoms with Gasteiger partial charge in [0.2, 0.25) is 11.8 Å². The third-order valence-electron chi connectivity index (χ3n) is 3.15. The fourth-order valence-corrected chi connectivity index (χ4v) is 4.61. The van der Waals surface area contributed by atoms with Gasteiger partial charge in [0, 0.05) is 0 Å². The average Bonchev–Trinajstić information content (AvgIpc) is 3.11. The van der Waals surface area contributed by atoms with Gasteiger partial charge in [0.1, 0.15) is 12.7 Å². The van der Waals surface area contributed by atoms with E-state index in [2.05, 4.69) is 15.5 Å². The number of hydrogen-bond acceptors (Lipinski definition) is 9. The number of amides is 2. The van der Waals surface area contributed by atoms with E-state index in [4.69, 9.17) is 15.2 Å². The molecule has 138 valence electrons. The summed E-state index contributed by atoms with van der Waals surface area (Å²) in [4.78, 5) is 22.7. The summed E-state index contributed by atoms with van der Waals surface area (Å²) in [6.07, 6.45) is -0.225. The molecule has 1 aliphatic rings. The Labute approximate surface area is 162 Å². The van der Waals surface area contributed by atoms with E-state index in [1.807, 2.05) is 24.3 Å². The molecule has 0 radical (unpaired) electrons. The second kappa shape index (κ2) is 9.10. The summed E-state index contributed by atoms with van der Waals surface area (Å²) in [7, 11) is 0. The Morgan fingerprint density at radius 1 is 1.19 bits per heavy atom. The number of aromatic nitrogens is 2. The largest absolute Gasteiger partial charge is 0.486 e. The number of hydrogen-bond donors (Lipinski definition) is 2. The standard InChI is InChI=1S/C15H16N4O4S3/c16-12(20)7-24-14-18-19-15(26-14)25-8-13(21)17-5-9-6-22-10-3-1-2-4-11(10)23-9/h1-4,9H,5-8H2,(H2,16,20)(H,17,21)/t9-/m1/s1. The van der Waals surface area contributed by atoms with E-state index in [-0.39, 0.29) is 23.5 Å². The van der Waals surface area contributed by atoms with Gasteiger partial charge in [-0.05, 0) is 12.1 Å². The van der Waals surface area contributed by atoms with E-state index in [0.717, 1.165) is 0 Å².